The fourth-order valence-corrected chi connectivity index (χ4v) is 9.28. The van der Waals surface area contributed by atoms with Crippen LogP contribution in [0.15, 0.2) is 0 Å². The quantitative estimate of drug-likeness (QED) is 0.134. The highest BCUT2D eigenvalue weighted by Crippen LogP contribution is 2.30. The van der Waals surface area contributed by atoms with Gasteiger partial charge in [-0.1, -0.05) is 125 Å². The summed E-state index contributed by atoms with van der Waals surface area (Å²) in [6, 6.07) is 0. The summed E-state index contributed by atoms with van der Waals surface area (Å²) in [6.45, 7) is 12.0. The second kappa shape index (κ2) is 19.9. The van der Waals surface area contributed by atoms with Crippen LogP contribution < -0.4 is 0 Å². The number of piperazine rings is 2. The Morgan fingerprint density at radius 3 is 1.08 bits per heavy atom. The molecule has 206 valence electrons. The summed E-state index contributed by atoms with van der Waals surface area (Å²) < 4.78 is 3.96. The number of thioether (sulfide) groups is 2. The molecule has 2 aliphatic rings. The maximum atomic E-state index is 5.73. The lowest BCUT2D eigenvalue weighted by atomic mass is 10.2. The Bertz CT molecular complexity index is 634. The Morgan fingerprint density at radius 2 is 0.778 bits per heavy atom. The van der Waals surface area contributed by atoms with E-state index < -0.39 is 0 Å². The molecule has 0 amide bonds. The van der Waals surface area contributed by atoms with Crippen LogP contribution in [0.3, 0.4) is 0 Å². The highest BCUT2D eigenvalue weighted by Gasteiger charge is 2.24. The van der Waals surface area contributed by atoms with E-state index in [9.17, 15) is 0 Å². The standard InChI is InChI=1S/C24H42N4S8/c1-3-5-7-9-19-33-21(29)25-11-15-27(16-12-25)23(31)35-36-24(32)28-17-13-26(14-18-28)22(30)34-20-10-8-6-4-2/h3-20H2,1-2H3. The number of unbranched alkanes of at least 4 members (excludes halogenated alkanes) is 6. The second-order valence-electron chi connectivity index (χ2n) is 9.00. The molecule has 0 unspecified atom stereocenters. The summed E-state index contributed by atoms with van der Waals surface area (Å²) in [4.78, 5) is 9.28. The van der Waals surface area contributed by atoms with E-state index in [0.717, 1.165) is 81.1 Å². The van der Waals surface area contributed by atoms with Crippen molar-refractivity contribution in [1.82, 2.24) is 19.6 Å². The van der Waals surface area contributed by atoms with Gasteiger partial charge in [0.15, 0.2) is 0 Å². The predicted octanol–water partition coefficient (Wildman–Crippen LogP) is 7.37. The van der Waals surface area contributed by atoms with Gasteiger partial charge >= 0.3 is 0 Å². The van der Waals surface area contributed by atoms with Gasteiger partial charge in [-0.2, -0.15) is 0 Å². The van der Waals surface area contributed by atoms with Crippen LogP contribution in [-0.2, 0) is 0 Å². The van der Waals surface area contributed by atoms with E-state index in [2.05, 4.69) is 33.4 Å². The summed E-state index contributed by atoms with van der Waals surface area (Å²) in [5, 5.41) is 0. The highest BCUT2D eigenvalue weighted by molar-refractivity contribution is 8.89. The van der Waals surface area contributed by atoms with E-state index in [0.29, 0.717) is 0 Å². The van der Waals surface area contributed by atoms with Crippen LogP contribution in [0, 0.1) is 0 Å². The molecule has 0 aromatic carbocycles. The van der Waals surface area contributed by atoms with E-state index in [-0.39, 0.29) is 0 Å². The van der Waals surface area contributed by atoms with Crippen molar-refractivity contribution in [3.8, 4) is 0 Å². The van der Waals surface area contributed by atoms with Gasteiger partial charge in [0.2, 0.25) is 0 Å². The molecule has 0 radical (unpaired) electrons. The maximum absolute atomic E-state index is 5.73. The molecular formula is C24H42N4S8. The van der Waals surface area contributed by atoms with Crippen LogP contribution in [0.4, 0.5) is 0 Å². The molecule has 0 aliphatic carbocycles. The summed E-state index contributed by atoms with van der Waals surface area (Å²) in [5.74, 6) is 2.28. The Hall–Kier alpha value is 0.960. The first-order valence-electron chi connectivity index (χ1n) is 13.2. The lowest BCUT2D eigenvalue weighted by molar-refractivity contribution is 0.271. The smallest absolute Gasteiger partial charge is 0.147 e. The second-order valence-corrected chi connectivity index (χ2v) is 15.9. The first kappa shape index (κ1) is 33.2. The minimum Gasteiger partial charge on any atom is -0.354 e. The molecule has 12 heteroatoms. The van der Waals surface area contributed by atoms with Gasteiger partial charge in [0.25, 0.3) is 0 Å². The van der Waals surface area contributed by atoms with E-state index in [4.69, 9.17) is 48.9 Å². The highest BCUT2D eigenvalue weighted by atomic mass is 33.1. The third-order valence-electron chi connectivity index (χ3n) is 6.22. The third-order valence-corrected chi connectivity index (χ3v) is 13.2. The fourth-order valence-electron chi connectivity index (χ4n) is 3.88. The molecule has 0 N–H and O–H groups in total. The van der Waals surface area contributed by atoms with Crippen LogP contribution in [0.1, 0.15) is 65.2 Å². The van der Waals surface area contributed by atoms with Gasteiger partial charge < -0.3 is 19.6 Å². The van der Waals surface area contributed by atoms with E-state index in [1.807, 2.05) is 23.5 Å². The molecular weight excluding hydrogens is 601 g/mol. The summed E-state index contributed by atoms with van der Waals surface area (Å²) in [6.07, 6.45) is 10.4. The average Bonchev–Trinajstić information content (AvgIpc) is 2.91. The summed E-state index contributed by atoms with van der Waals surface area (Å²) in [5.41, 5.74) is 0. The van der Waals surface area contributed by atoms with Gasteiger partial charge in [-0.05, 0) is 34.4 Å². The molecule has 0 atom stereocenters. The molecule has 2 heterocycles. The molecule has 4 nitrogen and oxygen atoms in total. The molecule has 36 heavy (non-hydrogen) atoms. The third kappa shape index (κ3) is 12.9. The maximum Gasteiger partial charge on any atom is 0.147 e. The van der Waals surface area contributed by atoms with Crippen molar-refractivity contribution in [2.75, 3.05) is 63.9 Å². The molecule has 2 saturated heterocycles. The number of hydrogen-bond donors (Lipinski definition) is 0. The van der Waals surface area contributed by atoms with Gasteiger partial charge in [-0.15, -0.1) is 0 Å². The van der Waals surface area contributed by atoms with Crippen molar-refractivity contribution >= 4 is 111 Å². The normalized spacial score (nSPS) is 16.4. The zero-order valence-electron chi connectivity index (χ0n) is 21.8. The first-order chi connectivity index (χ1) is 17.5. The van der Waals surface area contributed by atoms with Crippen molar-refractivity contribution in [3.63, 3.8) is 0 Å². The average molecular weight is 643 g/mol. The number of hydrogen-bond acceptors (Lipinski definition) is 8. The summed E-state index contributed by atoms with van der Waals surface area (Å²) in [7, 11) is 3.26. The first-order valence-corrected chi connectivity index (χ1v) is 19.0. The molecule has 2 aliphatic heterocycles. The van der Waals surface area contributed by atoms with Crippen molar-refractivity contribution in [1.29, 1.82) is 0 Å². The minimum atomic E-state index is 0.930. The Balaban J connectivity index is 1.58. The van der Waals surface area contributed by atoms with Gasteiger partial charge in [0, 0.05) is 63.9 Å². The van der Waals surface area contributed by atoms with Gasteiger partial charge in [0.1, 0.15) is 17.3 Å². The zero-order chi connectivity index (χ0) is 26.2. The SMILES string of the molecule is CCCCCCSC(=S)N1CCN(C(=S)SSC(=S)N2CCN(C(=S)SCCCCCC)CC2)CC1. The molecule has 2 fully saturated rings. The van der Waals surface area contributed by atoms with Crippen LogP contribution in [0.5, 0.6) is 0 Å². The fraction of sp³-hybridized carbons (Fsp3) is 0.833. The Kier molecular flexibility index (Phi) is 18.4. The molecule has 0 bridgehead atoms. The van der Waals surface area contributed by atoms with Crippen molar-refractivity contribution < 1.29 is 0 Å². The van der Waals surface area contributed by atoms with Crippen LogP contribution in [0.2, 0.25) is 0 Å². The van der Waals surface area contributed by atoms with E-state index in [1.165, 1.54) is 51.4 Å². The predicted molar refractivity (Wildman–Crippen MR) is 185 cm³/mol. The topological polar surface area (TPSA) is 13.0 Å². The van der Waals surface area contributed by atoms with Crippen LogP contribution in [0.25, 0.3) is 0 Å². The molecule has 0 aromatic rings. The number of rotatable bonds is 10. The summed E-state index contributed by atoms with van der Waals surface area (Å²) >= 11 is 26.5. The largest absolute Gasteiger partial charge is 0.354 e. The molecule has 0 aromatic heterocycles. The lowest BCUT2D eigenvalue weighted by Gasteiger charge is -2.38. The van der Waals surface area contributed by atoms with Crippen LogP contribution in [-0.4, -0.2) is 101 Å². The number of thiocarbonyl (C=S) groups is 4. The van der Waals surface area contributed by atoms with Gasteiger partial charge in [0.05, 0.1) is 0 Å². The monoisotopic (exact) mass is 642 g/mol. The van der Waals surface area contributed by atoms with Crippen molar-refractivity contribution in [2.24, 2.45) is 0 Å². The van der Waals surface area contributed by atoms with E-state index >= 15 is 0 Å². The van der Waals surface area contributed by atoms with Gasteiger partial charge in [-0.25, -0.2) is 0 Å². The minimum absolute atomic E-state index is 0.930. The molecule has 0 spiro atoms. The zero-order valence-corrected chi connectivity index (χ0v) is 28.3. The van der Waals surface area contributed by atoms with Crippen molar-refractivity contribution in [3.05, 3.63) is 0 Å². The van der Waals surface area contributed by atoms with E-state index in [1.54, 1.807) is 21.6 Å². The lowest BCUT2D eigenvalue weighted by Crippen LogP contribution is -2.49. The van der Waals surface area contributed by atoms with Crippen molar-refractivity contribution in [2.45, 2.75) is 65.2 Å². The van der Waals surface area contributed by atoms with Gasteiger partial charge in [-0.3, -0.25) is 0 Å². The Labute approximate surface area is 257 Å². The molecule has 0 saturated carbocycles. The number of nitrogens with zero attached hydrogens (tertiary/aromatic N) is 4. The molecule has 2 rings (SSSR count). The Morgan fingerprint density at radius 1 is 0.472 bits per heavy atom. The van der Waals surface area contributed by atoms with Crippen LogP contribution >= 0.6 is 94.0 Å².